The van der Waals surface area contributed by atoms with Crippen LogP contribution in [0.15, 0.2) is 103 Å². The van der Waals surface area contributed by atoms with Gasteiger partial charge in [-0.25, -0.2) is 0 Å². The molecule has 0 bridgehead atoms. The highest BCUT2D eigenvalue weighted by Crippen LogP contribution is 2.50. The van der Waals surface area contributed by atoms with Crippen LogP contribution in [0.25, 0.3) is 60.3 Å². The lowest BCUT2D eigenvalue weighted by Gasteiger charge is -2.14. The Morgan fingerprint density at radius 2 is 1.14 bits per heavy atom. The van der Waals surface area contributed by atoms with E-state index in [1.54, 1.807) is 0 Å². The second-order valence-corrected chi connectivity index (χ2v) is 10.1. The summed E-state index contributed by atoms with van der Waals surface area (Å²) < 4.78 is 2.45. The van der Waals surface area contributed by atoms with Crippen molar-refractivity contribution in [1.29, 1.82) is 0 Å². The van der Waals surface area contributed by atoms with Crippen LogP contribution in [0, 0.1) is 0 Å². The molecule has 5 aromatic carbocycles. The molecule has 35 heavy (non-hydrogen) atoms. The topological polar surface area (TPSA) is 4.41 Å². The molecule has 9 rings (SSSR count). The van der Waals surface area contributed by atoms with Gasteiger partial charge in [-0.15, -0.1) is 0 Å². The Morgan fingerprint density at radius 3 is 2.06 bits per heavy atom. The van der Waals surface area contributed by atoms with E-state index in [4.69, 9.17) is 0 Å². The third-order valence-corrected chi connectivity index (χ3v) is 8.36. The highest BCUT2D eigenvalue weighted by Gasteiger charge is 2.29. The molecule has 2 aromatic heterocycles. The first-order valence-corrected chi connectivity index (χ1v) is 12.5. The number of hydrogen-bond acceptors (Lipinski definition) is 0. The van der Waals surface area contributed by atoms with Crippen molar-refractivity contribution in [3.63, 3.8) is 0 Å². The molecule has 0 saturated heterocycles. The van der Waals surface area contributed by atoms with E-state index in [9.17, 15) is 0 Å². The van der Waals surface area contributed by atoms with E-state index in [-0.39, 0.29) is 0 Å². The van der Waals surface area contributed by atoms with Crippen molar-refractivity contribution in [1.82, 2.24) is 4.40 Å². The zero-order chi connectivity index (χ0) is 22.7. The standard InChI is InChI=1S/C34H21N/c1-3-9-25-20(7-1)15-22-13-14-23-16-24-17-29-28(19-27(24)34(23)33(22)25)26-10-4-6-12-31(26)35-30-11-5-2-8-21(30)18-32(29)35/h1-14,17-19H,15-16H2. The van der Waals surface area contributed by atoms with Gasteiger partial charge in [0.1, 0.15) is 0 Å². The van der Waals surface area contributed by atoms with Crippen LogP contribution < -0.4 is 0 Å². The van der Waals surface area contributed by atoms with E-state index < -0.39 is 0 Å². The van der Waals surface area contributed by atoms with Gasteiger partial charge in [0.2, 0.25) is 0 Å². The van der Waals surface area contributed by atoms with Crippen LogP contribution in [0.2, 0.25) is 0 Å². The maximum atomic E-state index is 2.50. The summed E-state index contributed by atoms with van der Waals surface area (Å²) in [4.78, 5) is 0. The number of rotatable bonds is 0. The summed E-state index contributed by atoms with van der Waals surface area (Å²) in [5, 5.41) is 5.32. The summed E-state index contributed by atoms with van der Waals surface area (Å²) in [6.07, 6.45) is 2.05. The molecule has 0 spiro atoms. The van der Waals surface area contributed by atoms with Gasteiger partial charge in [-0.3, -0.25) is 0 Å². The Kier molecular flexibility index (Phi) is 3.19. The van der Waals surface area contributed by atoms with Crippen molar-refractivity contribution in [3.8, 4) is 22.3 Å². The lowest BCUT2D eigenvalue weighted by molar-refractivity contribution is 1.24. The average Bonchev–Trinajstić information content (AvgIpc) is 3.58. The fraction of sp³-hybridized carbons (Fsp3) is 0.0588. The highest BCUT2D eigenvalue weighted by molar-refractivity contribution is 6.17. The van der Waals surface area contributed by atoms with E-state index >= 15 is 0 Å². The molecule has 0 aliphatic heterocycles. The second-order valence-electron chi connectivity index (χ2n) is 10.1. The van der Waals surface area contributed by atoms with Crippen LogP contribution in [0.4, 0.5) is 0 Å². The molecule has 0 N–H and O–H groups in total. The Hall–Kier alpha value is -4.36. The highest BCUT2D eigenvalue weighted by atomic mass is 14.9. The molecule has 2 aliphatic rings. The van der Waals surface area contributed by atoms with Gasteiger partial charge in [-0.2, -0.15) is 0 Å². The van der Waals surface area contributed by atoms with Crippen molar-refractivity contribution >= 4 is 38.1 Å². The van der Waals surface area contributed by atoms with Gasteiger partial charge >= 0.3 is 0 Å². The molecular formula is C34H21N. The molecule has 7 aromatic rings. The Labute approximate surface area is 202 Å². The zero-order valence-electron chi connectivity index (χ0n) is 19.2. The van der Waals surface area contributed by atoms with Crippen LogP contribution in [-0.2, 0) is 12.8 Å². The van der Waals surface area contributed by atoms with Gasteiger partial charge in [0, 0.05) is 16.2 Å². The fourth-order valence-electron chi connectivity index (χ4n) is 6.89. The molecule has 0 atom stereocenters. The summed E-state index contributed by atoms with van der Waals surface area (Å²) in [6.45, 7) is 0. The maximum absolute atomic E-state index is 2.50. The number of nitrogens with zero attached hydrogens (tertiary/aromatic N) is 1. The number of hydrogen-bond donors (Lipinski definition) is 0. The van der Waals surface area contributed by atoms with E-state index in [1.807, 2.05) is 0 Å². The lowest BCUT2D eigenvalue weighted by Crippen LogP contribution is -1.92. The Balaban J connectivity index is 1.44. The van der Waals surface area contributed by atoms with E-state index in [0.717, 1.165) is 12.8 Å². The van der Waals surface area contributed by atoms with E-state index in [0.29, 0.717) is 0 Å². The summed E-state index contributed by atoms with van der Waals surface area (Å²) in [7, 11) is 0. The van der Waals surface area contributed by atoms with Crippen LogP contribution in [-0.4, -0.2) is 4.40 Å². The van der Waals surface area contributed by atoms with Crippen molar-refractivity contribution in [2.45, 2.75) is 12.8 Å². The molecule has 162 valence electrons. The molecule has 2 heterocycles. The normalized spacial score (nSPS) is 13.5. The smallest absolute Gasteiger partial charge is 0.0547 e. The summed E-state index contributed by atoms with van der Waals surface area (Å²) in [5.41, 5.74) is 15.5. The second kappa shape index (κ2) is 6.20. The number of fused-ring (bicyclic) bond motifs is 15. The zero-order valence-corrected chi connectivity index (χ0v) is 19.2. The Morgan fingerprint density at radius 1 is 0.429 bits per heavy atom. The van der Waals surface area contributed by atoms with E-state index in [2.05, 4.69) is 108 Å². The van der Waals surface area contributed by atoms with Crippen LogP contribution in [0.3, 0.4) is 0 Å². The lowest BCUT2D eigenvalue weighted by atomic mass is 9.92. The van der Waals surface area contributed by atoms with Crippen molar-refractivity contribution in [2.75, 3.05) is 0 Å². The summed E-state index contributed by atoms with van der Waals surface area (Å²) >= 11 is 0. The SMILES string of the molecule is c1ccc2c(c1)Cc1ccc3c(c1-2)-c1cc2c4ccccc4n4c5ccccc5cc4c2cc1C3. The largest absolute Gasteiger partial charge is 0.309 e. The number of pyridine rings is 1. The van der Waals surface area contributed by atoms with Gasteiger partial charge in [-0.05, 0) is 93.1 Å². The van der Waals surface area contributed by atoms with Crippen LogP contribution >= 0.6 is 0 Å². The third kappa shape index (κ3) is 2.19. The van der Waals surface area contributed by atoms with Crippen LogP contribution in [0.5, 0.6) is 0 Å². The van der Waals surface area contributed by atoms with Crippen molar-refractivity contribution in [2.24, 2.45) is 0 Å². The van der Waals surface area contributed by atoms with Crippen molar-refractivity contribution < 1.29 is 0 Å². The average molecular weight is 444 g/mol. The predicted molar refractivity (Wildman–Crippen MR) is 146 cm³/mol. The molecular weight excluding hydrogens is 422 g/mol. The first-order chi connectivity index (χ1) is 17.3. The molecule has 0 fully saturated rings. The molecule has 1 nitrogen and oxygen atoms in total. The quantitative estimate of drug-likeness (QED) is 0.207. The van der Waals surface area contributed by atoms with Gasteiger partial charge in [0.25, 0.3) is 0 Å². The fourth-order valence-corrected chi connectivity index (χ4v) is 6.89. The molecule has 1 heteroatoms. The first-order valence-electron chi connectivity index (χ1n) is 12.5. The Bertz CT molecular complexity index is 2050. The third-order valence-electron chi connectivity index (χ3n) is 8.36. The summed E-state index contributed by atoms with van der Waals surface area (Å²) in [5.74, 6) is 0. The number of benzene rings is 5. The minimum absolute atomic E-state index is 1.01. The van der Waals surface area contributed by atoms with Gasteiger partial charge in [0.05, 0.1) is 16.6 Å². The minimum Gasteiger partial charge on any atom is -0.309 e. The minimum atomic E-state index is 1.01. The molecule has 2 aliphatic carbocycles. The monoisotopic (exact) mass is 443 g/mol. The molecule has 0 amide bonds. The molecule has 0 unspecified atom stereocenters. The summed E-state index contributed by atoms with van der Waals surface area (Å²) in [6, 6.07) is 38.7. The van der Waals surface area contributed by atoms with Crippen LogP contribution in [0.1, 0.15) is 22.3 Å². The van der Waals surface area contributed by atoms with Gasteiger partial charge in [0.15, 0.2) is 0 Å². The number of para-hydroxylation sites is 2. The molecule has 0 radical (unpaired) electrons. The van der Waals surface area contributed by atoms with Gasteiger partial charge < -0.3 is 4.40 Å². The number of aromatic nitrogens is 1. The first kappa shape index (κ1) is 18.0. The predicted octanol–water partition coefficient (Wildman–Crippen LogP) is 8.54. The molecule has 0 saturated carbocycles. The van der Waals surface area contributed by atoms with Crippen molar-refractivity contribution in [3.05, 3.63) is 125 Å². The van der Waals surface area contributed by atoms with E-state index in [1.165, 1.54) is 82.6 Å². The maximum Gasteiger partial charge on any atom is 0.0547 e. The van der Waals surface area contributed by atoms with Gasteiger partial charge in [-0.1, -0.05) is 72.8 Å².